The van der Waals surface area contributed by atoms with Gasteiger partial charge in [-0.25, -0.2) is 0 Å². The van der Waals surface area contributed by atoms with E-state index < -0.39 is 11.4 Å². The van der Waals surface area contributed by atoms with E-state index in [2.05, 4.69) is 10.2 Å². The molecule has 0 bridgehead atoms. The minimum atomic E-state index is -0.856. The Labute approximate surface area is 118 Å². The van der Waals surface area contributed by atoms with E-state index in [9.17, 15) is 14.7 Å². The second-order valence-corrected chi connectivity index (χ2v) is 6.76. The van der Waals surface area contributed by atoms with Crippen LogP contribution in [0.2, 0.25) is 0 Å². The first-order valence-electron chi connectivity index (χ1n) is 6.72. The Kier molecular flexibility index (Phi) is 3.36. The van der Waals surface area contributed by atoms with Gasteiger partial charge in [-0.3, -0.25) is 14.7 Å². The molecule has 2 rings (SSSR count). The van der Waals surface area contributed by atoms with Crippen molar-refractivity contribution in [2.45, 2.75) is 39.5 Å². The standard InChI is InChI=1S/C14H21N3O3/c1-13(2,3)10-7-9(15-16-10)11(18)17-6-5-14(4,8-17)12(19)20/h7H,5-6,8H2,1-4H3,(H,15,16)(H,19,20). The van der Waals surface area contributed by atoms with Gasteiger partial charge in [0.15, 0.2) is 0 Å². The molecule has 1 atom stereocenters. The minimum Gasteiger partial charge on any atom is -0.481 e. The number of aliphatic carboxylic acids is 1. The molecule has 1 aromatic heterocycles. The summed E-state index contributed by atoms with van der Waals surface area (Å²) in [5, 5.41) is 16.1. The molecule has 1 aliphatic rings. The lowest BCUT2D eigenvalue weighted by Crippen LogP contribution is -2.35. The van der Waals surface area contributed by atoms with Gasteiger partial charge in [0.2, 0.25) is 0 Å². The Morgan fingerprint density at radius 1 is 1.45 bits per heavy atom. The number of aromatic amines is 1. The van der Waals surface area contributed by atoms with Crippen molar-refractivity contribution in [3.8, 4) is 0 Å². The molecule has 6 heteroatoms. The normalized spacial score (nSPS) is 23.1. The number of hydrogen-bond acceptors (Lipinski definition) is 3. The molecule has 0 saturated carbocycles. The molecule has 110 valence electrons. The van der Waals surface area contributed by atoms with Gasteiger partial charge in [0.25, 0.3) is 5.91 Å². The van der Waals surface area contributed by atoms with Crippen LogP contribution in [-0.2, 0) is 10.2 Å². The van der Waals surface area contributed by atoms with E-state index in [4.69, 9.17) is 0 Å². The summed E-state index contributed by atoms with van der Waals surface area (Å²) in [6.07, 6.45) is 0.477. The number of amides is 1. The van der Waals surface area contributed by atoms with Crippen LogP contribution in [0.1, 0.15) is 50.3 Å². The number of carbonyl (C=O) groups excluding carboxylic acids is 1. The van der Waals surface area contributed by atoms with Gasteiger partial charge in [-0.15, -0.1) is 0 Å². The quantitative estimate of drug-likeness (QED) is 0.861. The van der Waals surface area contributed by atoms with Gasteiger partial charge < -0.3 is 10.0 Å². The predicted octanol–water partition coefficient (Wildman–Crippen LogP) is 1.64. The van der Waals surface area contributed by atoms with Crippen molar-refractivity contribution < 1.29 is 14.7 Å². The molecule has 1 saturated heterocycles. The maximum Gasteiger partial charge on any atom is 0.311 e. The van der Waals surface area contributed by atoms with E-state index in [1.165, 1.54) is 0 Å². The summed E-state index contributed by atoms with van der Waals surface area (Å²) < 4.78 is 0. The number of carboxylic acids is 1. The molecule has 2 heterocycles. The van der Waals surface area contributed by atoms with Gasteiger partial charge in [-0.2, -0.15) is 5.10 Å². The molecule has 0 aromatic carbocycles. The van der Waals surface area contributed by atoms with Crippen molar-refractivity contribution in [1.29, 1.82) is 0 Å². The second kappa shape index (κ2) is 4.61. The van der Waals surface area contributed by atoms with E-state index in [0.717, 1.165) is 5.69 Å². The summed E-state index contributed by atoms with van der Waals surface area (Å²) in [6.45, 7) is 8.47. The summed E-state index contributed by atoms with van der Waals surface area (Å²) in [4.78, 5) is 25.1. The fourth-order valence-corrected chi connectivity index (χ4v) is 2.29. The fraction of sp³-hybridized carbons (Fsp3) is 0.643. The van der Waals surface area contributed by atoms with Crippen molar-refractivity contribution in [2.75, 3.05) is 13.1 Å². The van der Waals surface area contributed by atoms with E-state index in [1.54, 1.807) is 17.9 Å². The highest BCUT2D eigenvalue weighted by atomic mass is 16.4. The van der Waals surface area contributed by atoms with Crippen LogP contribution < -0.4 is 0 Å². The first-order valence-corrected chi connectivity index (χ1v) is 6.72. The molecule has 20 heavy (non-hydrogen) atoms. The fourth-order valence-electron chi connectivity index (χ4n) is 2.29. The van der Waals surface area contributed by atoms with Crippen molar-refractivity contribution in [1.82, 2.24) is 15.1 Å². The Morgan fingerprint density at radius 2 is 2.10 bits per heavy atom. The third-order valence-corrected chi connectivity index (χ3v) is 3.88. The predicted molar refractivity (Wildman–Crippen MR) is 73.6 cm³/mol. The lowest BCUT2D eigenvalue weighted by atomic mass is 9.90. The summed E-state index contributed by atoms with van der Waals surface area (Å²) in [6, 6.07) is 1.75. The van der Waals surface area contributed by atoms with Gasteiger partial charge in [0.05, 0.1) is 5.41 Å². The molecule has 1 unspecified atom stereocenters. The van der Waals surface area contributed by atoms with Crippen molar-refractivity contribution >= 4 is 11.9 Å². The first-order chi connectivity index (χ1) is 9.13. The Balaban J connectivity index is 2.14. The van der Waals surface area contributed by atoms with Gasteiger partial charge >= 0.3 is 5.97 Å². The highest BCUT2D eigenvalue weighted by molar-refractivity contribution is 5.93. The van der Waals surface area contributed by atoms with Gasteiger partial charge in [-0.1, -0.05) is 20.8 Å². The van der Waals surface area contributed by atoms with Crippen LogP contribution >= 0.6 is 0 Å². The topological polar surface area (TPSA) is 86.3 Å². The summed E-state index contributed by atoms with van der Waals surface area (Å²) in [5.74, 6) is -1.06. The Morgan fingerprint density at radius 3 is 2.55 bits per heavy atom. The number of likely N-dealkylation sites (tertiary alicyclic amines) is 1. The largest absolute Gasteiger partial charge is 0.481 e. The number of carbonyl (C=O) groups is 2. The number of aromatic nitrogens is 2. The molecule has 6 nitrogen and oxygen atoms in total. The monoisotopic (exact) mass is 279 g/mol. The second-order valence-electron chi connectivity index (χ2n) is 6.76. The van der Waals surface area contributed by atoms with Crippen LogP contribution in [0.5, 0.6) is 0 Å². The molecule has 1 aromatic rings. The lowest BCUT2D eigenvalue weighted by Gasteiger charge is -2.19. The lowest BCUT2D eigenvalue weighted by molar-refractivity contribution is -0.147. The molecule has 0 aliphatic carbocycles. The zero-order valence-corrected chi connectivity index (χ0v) is 12.4. The molecule has 0 spiro atoms. The van der Waals surface area contributed by atoms with Crippen LogP contribution in [-0.4, -0.2) is 45.2 Å². The van der Waals surface area contributed by atoms with Crippen molar-refractivity contribution in [2.24, 2.45) is 5.41 Å². The third-order valence-electron chi connectivity index (χ3n) is 3.88. The minimum absolute atomic E-state index is 0.105. The zero-order chi connectivity index (χ0) is 15.1. The van der Waals surface area contributed by atoms with Gasteiger partial charge in [0, 0.05) is 24.2 Å². The van der Waals surface area contributed by atoms with Crippen molar-refractivity contribution in [3.05, 3.63) is 17.5 Å². The van der Waals surface area contributed by atoms with Gasteiger partial charge in [0.1, 0.15) is 5.69 Å². The van der Waals surface area contributed by atoms with Crippen LogP contribution in [0.4, 0.5) is 0 Å². The third kappa shape index (κ3) is 2.55. The number of H-pyrrole nitrogens is 1. The molecule has 1 fully saturated rings. The van der Waals surface area contributed by atoms with E-state index in [0.29, 0.717) is 18.7 Å². The van der Waals surface area contributed by atoms with Crippen LogP contribution in [0, 0.1) is 5.41 Å². The summed E-state index contributed by atoms with van der Waals surface area (Å²) >= 11 is 0. The van der Waals surface area contributed by atoms with Crippen molar-refractivity contribution in [3.63, 3.8) is 0 Å². The van der Waals surface area contributed by atoms with E-state index in [1.807, 2.05) is 20.8 Å². The zero-order valence-electron chi connectivity index (χ0n) is 12.4. The van der Waals surface area contributed by atoms with Crippen LogP contribution in [0.3, 0.4) is 0 Å². The number of carboxylic acid groups (broad SMARTS) is 1. The molecular weight excluding hydrogens is 258 g/mol. The van der Waals surface area contributed by atoms with Crippen LogP contribution in [0.25, 0.3) is 0 Å². The average Bonchev–Trinajstić information content (AvgIpc) is 2.94. The van der Waals surface area contributed by atoms with E-state index >= 15 is 0 Å². The van der Waals surface area contributed by atoms with Crippen LogP contribution in [0.15, 0.2) is 6.07 Å². The molecule has 0 radical (unpaired) electrons. The summed E-state index contributed by atoms with van der Waals surface area (Å²) in [5.41, 5.74) is 0.288. The molecule has 1 aliphatic heterocycles. The first kappa shape index (κ1) is 14.6. The number of nitrogens with zero attached hydrogens (tertiary/aromatic N) is 2. The SMILES string of the molecule is CC1(C(=O)O)CCN(C(=O)c2cc(C(C)(C)C)[nH]n2)C1. The highest BCUT2D eigenvalue weighted by Gasteiger charge is 2.42. The average molecular weight is 279 g/mol. The number of hydrogen-bond donors (Lipinski definition) is 2. The smallest absolute Gasteiger partial charge is 0.311 e. The maximum atomic E-state index is 12.3. The highest BCUT2D eigenvalue weighted by Crippen LogP contribution is 2.31. The van der Waals surface area contributed by atoms with Gasteiger partial charge in [-0.05, 0) is 19.4 Å². The Bertz CT molecular complexity index is 544. The maximum absolute atomic E-state index is 12.3. The van der Waals surface area contributed by atoms with E-state index in [-0.39, 0.29) is 17.9 Å². The molecular formula is C14H21N3O3. The molecule has 2 N–H and O–H groups in total. The number of rotatable bonds is 2. The number of nitrogens with one attached hydrogen (secondary N) is 1. The Hall–Kier alpha value is -1.85. The molecule has 1 amide bonds. The summed E-state index contributed by atoms with van der Waals surface area (Å²) in [7, 11) is 0.